The van der Waals surface area contributed by atoms with E-state index in [2.05, 4.69) is 13.0 Å². The zero-order valence-corrected chi connectivity index (χ0v) is 8.42. The molecule has 13 heavy (non-hydrogen) atoms. The number of nitriles is 1. The van der Waals surface area contributed by atoms with Gasteiger partial charge in [0, 0.05) is 6.42 Å². The second-order valence-electron chi connectivity index (χ2n) is 3.74. The monoisotopic (exact) mass is 177 g/mol. The summed E-state index contributed by atoms with van der Waals surface area (Å²) in [6.07, 6.45) is 5.34. The topological polar surface area (TPSA) is 33.0 Å². The standard InChI is InChI=1S/C11H15NO/c1-9-8-10(6-4-5-7-12)13-11(9,2)3/h6,8H,4-5H2,1-3H3. The predicted octanol–water partition coefficient (Wildman–Crippen LogP) is 2.93. The Hall–Kier alpha value is -1.23. The molecule has 1 aliphatic rings. The van der Waals surface area contributed by atoms with Crippen LogP contribution in [0.25, 0.3) is 0 Å². The van der Waals surface area contributed by atoms with Gasteiger partial charge in [-0.05, 0) is 44.9 Å². The second-order valence-corrected chi connectivity index (χ2v) is 3.74. The lowest BCUT2D eigenvalue weighted by atomic mass is 10.0. The molecule has 0 atom stereocenters. The molecule has 0 aromatic carbocycles. The molecule has 0 aromatic heterocycles. The number of allylic oxidation sites excluding steroid dienone is 2. The van der Waals surface area contributed by atoms with Crippen molar-refractivity contribution < 1.29 is 4.74 Å². The lowest BCUT2D eigenvalue weighted by Crippen LogP contribution is -2.19. The van der Waals surface area contributed by atoms with E-state index in [1.54, 1.807) is 0 Å². The maximum atomic E-state index is 8.36. The maximum absolute atomic E-state index is 8.36. The van der Waals surface area contributed by atoms with Gasteiger partial charge < -0.3 is 4.74 Å². The molecule has 1 aliphatic heterocycles. The van der Waals surface area contributed by atoms with E-state index in [1.165, 1.54) is 5.57 Å². The first kappa shape index (κ1) is 9.85. The molecule has 0 fully saturated rings. The number of ether oxygens (including phenoxy) is 1. The van der Waals surface area contributed by atoms with Crippen LogP contribution in [0.4, 0.5) is 0 Å². The highest BCUT2D eigenvalue weighted by molar-refractivity contribution is 5.30. The summed E-state index contributed by atoms with van der Waals surface area (Å²) in [4.78, 5) is 0. The first-order valence-electron chi connectivity index (χ1n) is 4.51. The molecule has 0 unspecified atom stereocenters. The summed E-state index contributed by atoms with van der Waals surface area (Å²) in [6, 6.07) is 2.10. The predicted molar refractivity (Wildman–Crippen MR) is 51.9 cm³/mol. The van der Waals surface area contributed by atoms with Gasteiger partial charge in [0.15, 0.2) is 0 Å². The first-order valence-corrected chi connectivity index (χ1v) is 4.51. The molecule has 0 bridgehead atoms. The molecule has 1 heterocycles. The van der Waals surface area contributed by atoms with Crippen LogP contribution in [0.5, 0.6) is 0 Å². The van der Waals surface area contributed by atoms with Crippen LogP contribution in [-0.2, 0) is 4.74 Å². The van der Waals surface area contributed by atoms with Crippen molar-refractivity contribution in [3.63, 3.8) is 0 Å². The average Bonchev–Trinajstić information content (AvgIpc) is 2.27. The highest BCUT2D eigenvalue weighted by Crippen LogP contribution is 2.31. The van der Waals surface area contributed by atoms with Crippen LogP contribution in [0.1, 0.15) is 33.6 Å². The summed E-state index contributed by atoms with van der Waals surface area (Å²) < 4.78 is 5.67. The Morgan fingerprint density at radius 2 is 2.31 bits per heavy atom. The van der Waals surface area contributed by atoms with Gasteiger partial charge in [-0.1, -0.05) is 0 Å². The van der Waals surface area contributed by atoms with E-state index in [9.17, 15) is 0 Å². The molecule has 2 nitrogen and oxygen atoms in total. The first-order chi connectivity index (χ1) is 6.06. The largest absolute Gasteiger partial charge is 0.484 e. The lowest BCUT2D eigenvalue weighted by Gasteiger charge is -2.20. The van der Waals surface area contributed by atoms with Crippen molar-refractivity contribution in [1.82, 2.24) is 0 Å². The van der Waals surface area contributed by atoms with Gasteiger partial charge in [0.05, 0.1) is 6.07 Å². The fourth-order valence-corrected chi connectivity index (χ4v) is 1.17. The fourth-order valence-electron chi connectivity index (χ4n) is 1.17. The van der Waals surface area contributed by atoms with Gasteiger partial charge >= 0.3 is 0 Å². The third kappa shape index (κ3) is 2.35. The molecule has 0 amide bonds. The summed E-state index contributed by atoms with van der Waals surface area (Å²) in [5.41, 5.74) is 1.06. The molecule has 0 saturated carbocycles. The Balaban J connectivity index is 2.60. The number of rotatable bonds is 2. The Labute approximate surface area is 79.5 Å². The Morgan fingerprint density at radius 1 is 1.62 bits per heavy atom. The van der Waals surface area contributed by atoms with Crippen LogP contribution in [0.3, 0.4) is 0 Å². The summed E-state index contributed by atoms with van der Waals surface area (Å²) >= 11 is 0. The zero-order chi connectivity index (χ0) is 9.90. The molecule has 0 spiro atoms. The van der Waals surface area contributed by atoms with Crippen molar-refractivity contribution >= 4 is 0 Å². The van der Waals surface area contributed by atoms with Gasteiger partial charge in [0.25, 0.3) is 0 Å². The van der Waals surface area contributed by atoms with Gasteiger partial charge in [-0.15, -0.1) is 0 Å². The van der Waals surface area contributed by atoms with E-state index >= 15 is 0 Å². The molecule has 2 heteroatoms. The summed E-state index contributed by atoms with van der Waals surface area (Å²) in [5, 5.41) is 8.36. The van der Waals surface area contributed by atoms with Crippen molar-refractivity contribution in [2.45, 2.75) is 39.2 Å². The van der Waals surface area contributed by atoms with Crippen molar-refractivity contribution in [3.8, 4) is 6.07 Å². The number of nitrogens with zero attached hydrogens (tertiary/aromatic N) is 1. The third-order valence-corrected chi connectivity index (χ3v) is 2.28. The highest BCUT2D eigenvalue weighted by atomic mass is 16.5. The van der Waals surface area contributed by atoms with Crippen molar-refractivity contribution in [2.24, 2.45) is 0 Å². The smallest absolute Gasteiger partial charge is 0.125 e. The summed E-state index contributed by atoms with van der Waals surface area (Å²) in [6.45, 7) is 6.15. The van der Waals surface area contributed by atoms with E-state index in [0.29, 0.717) is 6.42 Å². The molecule has 1 rings (SSSR count). The van der Waals surface area contributed by atoms with Gasteiger partial charge in [-0.2, -0.15) is 5.26 Å². The summed E-state index contributed by atoms with van der Waals surface area (Å²) in [7, 11) is 0. The van der Waals surface area contributed by atoms with Crippen LogP contribution in [0.15, 0.2) is 23.5 Å². The number of hydrogen-bond donors (Lipinski definition) is 0. The molecule has 0 N–H and O–H groups in total. The van der Waals surface area contributed by atoms with E-state index in [1.807, 2.05) is 26.0 Å². The molecular weight excluding hydrogens is 162 g/mol. The van der Waals surface area contributed by atoms with Crippen LogP contribution < -0.4 is 0 Å². The minimum Gasteiger partial charge on any atom is -0.484 e. The van der Waals surface area contributed by atoms with Crippen LogP contribution in [-0.4, -0.2) is 5.60 Å². The lowest BCUT2D eigenvalue weighted by molar-refractivity contribution is 0.0934. The van der Waals surface area contributed by atoms with Crippen LogP contribution in [0, 0.1) is 11.3 Å². The van der Waals surface area contributed by atoms with E-state index in [4.69, 9.17) is 10.00 Å². The highest BCUT2D eigenvalue weighted by Gasteiger charge is 2.28. The number of unbranched alkanes of at least 4 members (excludes halogenated alkanes) is 1. The molecule has 0 aliphatic carbocycles. The average molecular weight is 177 g/mol. The fraction of sp³-hybridized carbons (Fsp3) is 0.545. The van der Waals surface area contributed by atoms with Crippen LogP contribution >= 0.6 is 0 Å². The van der Waals surface area contributed by atoms with Gasteiger partial charge in [0.2, 0.25) is 0 Å². The quantitative estimate of drug-likeness (QED) is 0.607. The van der Waals surface area contributed by atoms with E-state index < -0.39 is 0 Å². The molecule has 0 aromatic rings. The maximum Gasteiger partial charge on any atom is 0.125 e. The third-order valence-electron chi connectivity index (χ3n) is 2.28. The van der Waals surface area contributed by atoms with E-state index in [0.717, 1.165) is 12.2 Å². The van der Waals surface area contributed by atoms with Gasteiger partial charge in [0.1, 0.15) is 11.4 Å². The number of hydrogen-bond acceptors (Lipinski definition) is 2. The van der Waals surface area contributed by atoms with Gasteiger partial charge in [-0.25, -0.2) is 0 Å². The van der Waals surface area contributed by atoms with Crippen molar-refractivity contribution in [1.29, 1.82) is 5.26 Å². The van der Waals surface area contributed by atoms with Crippen molar-refractivity contribution in [3.05, 3.63) is 23.5 Å². The minimum absolute atomic E-state index is 0.168. The van der Waals surface area contributed by atoms with Crippen molar-refractivity contribution in [2.75, 3.05) is 0 Å². The van der Waals surface area contributed by atoms with Crippen LogP contribution in [0.2, 0.25) is 0 Å². The molecular formula is C11H15NO. The molecule has 70 valence electrons. The minimum atomic E-state index is -0.168. The molecule has 0 saturated heterocycles. The normalized spacial score (nSPS) is 22.3. The van der Waals surface area contributed by atoms with E-state index in [-0.39, 0.29) is 5.60 Å². The SMILES string of the molecule is CC1=CC(=CCCC#N)OC1(C)C. The Kier molecular flexibility index (Phi) is 2.77. The zero-order valence-electron chi connectivity index (χ0n) is 8.42. The van der Waals surface area contributed by atoms with Gasteiger partial charge in [-0.3, -0.25) is 0 Å². The Bertz CT molecular complexity index is 292. The Morgan fingerprint density at radius 3 is 2.77 bits per heavy atom. The second kappa shape index (κ2) is 3.66. The summed E-state index contributed by atoms with van der Waals surface area (Å²) in [5.74, 6) is 0.901. The molecule has 0 radical (unpaired) electrons.